The van der Waals surface area contributed by atoms with Crippen molar-refractivity contribution in [1.29, 1.82) is 0 Å². The van der Waals surface area contributed by atoms with Crippen molar-refractivity contribution in [1.82, 2.24) is 14.4 Å². The summed E-state index contributed by atoms with van der Waals surface area (Å²) >= 11 is 0. The first-order valence-corrected chi connectivity index (χ1v) is 9.95. The normalized spacial score (nSPS) is 22.0. The monoisotopic (exact) mass is 367 g/mol. The molecule has 27 heavy (non-hydrogen) atoms. The van der Waals surface area contributed by atoms with Crippen LogP contribution in [-0.2, 0) is 19.6 Å². The summed E-state index contributed by atoms with van der Waals surface area (Å²) in [5.74, 6) is 1.36. The lowest BCUT2D eigenvalue weighted by molar-refractivity contribution is 0.125. The van der Waals surface area contributed by atoms with Crippen molar-refractivity contribution in [2.24, 2.45) is 5.92 Å². The molecule has 3 heterocycles. The van der Waals surface area contributed by atoms with Crippen molar-refractivity contribution in [3.8, 4) is 5.75 Å². The Morgan fingerprint density at radius 3 is 2.78 bits per heavy atom. The fourth-order valence-corrected chi connectivity index (χ4v) is 4.78. The van der Waals surface area contributed by atoms with E-state index in [4.69, 9.17) is 0 Å². The molecule has 0 unspecified atom stereocenters. The van der Waals surface area contributed by atoms with Crippen LogP contribution in [-0.4, -0.2) is 46.2 Å². The van der Waals surface area contributed by atoms with Gasteiger partial charge in [-0.05, 0) is 49.7 Å². The fraction of sp³-hybridized carbons (Fsp3) is 0.500. The van der Waals surface area contributed by atoms with Crippen molar-refractivity contribution in [2.45, 2.75) is 38.9 Å². The van der Waals surface area contributed by atoms with Gasteiger partial charge in [0, 0.05) is 49.9 Å². The van der Waals surface area contributed by atoms with Gasteiger partial charge < -0.3 is 14.6 Å². The number of benzene rings is 1. The second-order valence-electron chi connectivity index (χ2n) is 8.19. The van der Waals surface area contributed by atoms with Crippen LogP contribution in [0.5, 0.6) is 5.75 Å². The number of hydrogen-bond donors (Lipinski definition) is 1. The number of aromatic hydroxyl groups is 1. The van der Waals surface area contributed by atoms with E-state index in [1.54, 1.807) is 12.1 Å². The van der Waals surface area contributed by atoms with Gasteiger partial charge in [-0.2, -0.15) is 0 Å². The topological polar surface area (TPSA) is 48.7 Å². The van der Waals surface area contributed by atoms with E-state index in [9.17, 15) is 9.90 Å². The zero-order valence-corrected chi connectivity index (χ0v) is 16.3. The minimum atomic E-state index is 0.176. The lowest BCUT2D eigenvalue weighted by atomic mass is 9.83. The van der Waals surface area contributed by atoms with Crippen molar-refractivity contribution in [2.75, 3.05) is 26.7 Å². The first-order chi connectivity index (χ1) is 13.0. The van der Waals surface area contributed by atoms with Gasteiger partial charge in [-0.15, -0.1) is 0 Å². The molecule has 5 heteroatoms. The molecule has 1 saturated heterocycles. The Labute approximate surface area is 160 Å². The fourth-order valence-electron chi connectivity index (χ4n) is 4.78. The third-order valence-electron chi connectivity index (χ3n) is 6.01. The molecule has 2 atom stereocenters. The molecule has 1 aromatic carbocycles. The number of phenolic OH excluding ortho intramolecular Hbond substituents is 1. The van der Waals surface area contributed by atoms with Gasteiger partial charge in [0.2, 0.25) is 0 Å². The maximum atomic E-state index is 13.1. The highest BCUT2D eigenvalue weighted by atomic mass is 16.3. The number of pyridine rings is 1. The summed E-state index contributed by atoms with van der Waals surface area (Å²) in [6, 6.07) is 11.5. The molecular weight excluding hydrogens is 338 g/mol. The molecule has 2 aliphatic rings. The summed E-state index contributed by atoms with van der Waals surface area (Å²) in [7, 11) is 2.02. The van der Waals surface area contributed by atoms with Crippen molar-refractivity contribution >= 4 is 0 Å². The molecule has 0 amide bonds. The van der Waals surface area contributed by atoms with Gasteiger partial charge in [0.15, 0.2) is 0 Å². The van der Waals surface area contributed by atoms with Crippen LogP contribution in [0, 0.1) is 5.92 Å². The predicted molar refractivity (Wildman–Crippen MR) is 107 cm³/mol. The molecule has 4 rings (SSSR count). The molecule has 0 radical (unpaired) electrons. The Balaban J connectivity index is 1.52. The Morgan fingerprint density at radius 1 is 1.15 bits per heavy atom. The quantitative estimate of drug-likeness (QED) is 0.883. The maximum absolute atomic E-state index is 13.1. The molecule has 0 aliphatic carbocycles. The first-order valence-electron chi connectivity index (χ1n) is 9.95. The average Bonchev–Trinajstić information content (AvgIpc) is 2.64. The minimum Gasteiger partial charge on any atom is -0.508 e. The molecule has 5 nitrogen and oxygen atoms in total. The summed E-state index contributed by atoms with van der Waals surface area (Å²) in [4.78, 5) is 17.8. The highest BCUT2D eigenvalue weighted by Crippen LogP contribution is 2.35. The summed E-state index contributed by atoms with van der Waals surface area (Å²) in [6.45, 7) is 7.67. The van der Waals surface area contributed by atoms with E-state index in [1.807, 2.05) is 29.8 Å². The van der Waals surface area contributed by atoms with Crippen LogP contribution in [0.1, 0.15) is 36.1 Å². The molecule has 1 fully saturated rings. The van der Waals surface area contributed by atoms with E-state index in [2.05, 4.69) is 22.8 Å². The number of aromatic nitrogens is 1. The van der Waals surface area contributed by atoms with Crippen molar-refractivity contribution < 1.29 is 5.11 Å². The van der Waals surface area contributed by atoms with E-state index in [1.165, 1.54) is 12.1 Å². The zero-order chi connectivity index (χ0) is 19.0. The Hall–Kier alpha value is -2.11. The Kier molecular flexibility index (Phi) is 5.06. The number of piperidine rings is 1. The highest BCUT2D eigenvalue weighted by Gasteiger charge is 2.34. The zero-order valence-electron chi connectivity index (χ0n) is 16.3. The van der Waals surface area contributed by atoms with E-state index in [-0.39, 0.29) is 11.3 Å². The number of nitrogens with zero attached hydrogens (tertiary/aromatic N) is 3. The van der Waals surface area contributed by atoms with Gasteiger partial charge in [-0.3, -0.25) is 9.69 Å². The summed E-state index contributed by atoms with van der Waals surface area (Å²) < 4.78 is 2.04. The van der Waals surface area contributed by atoms with E-state index in [0.717, 1.165) is 37.3 Å². The molecule has 144 valence electrons. The van der Waals surface area contributed by atoms with Crippen molar-refractivity contribution in [3.05, 3.63) is 63.6 Å². The SMILES string of the molecule is CCN1C[C@@H]2C[C@H](C1)c1ccc(CN(C)Cc3cccc(O)c3)c(=O)n1C2. The molecule has 1 aromatic heterocycles. The standard InChI is InChI=1S/C22H29N3O2/c1-3-24-12-17-9-19(15-24)21-8-7-18(22(27)25(21)13-17)14-23(2)11-16-5-4-6-20(26)10-16/h4-8,10,17,19,26H,3,9,11-15H2,1-2H3/t17-,19+/m0/s1. The van der Waals surface area contributed by atoms with E-state index >= 15 is 0 Å². The minimum absolute atomic E-state index is 0.176. The average molecular weight is 367 g/mol. The molecule has 1 N–H and O–H groups in total. The summed E-state index contributed by atoms with van der Waals surface area (Å²) in [6.07, 6.45) is 1.21. The van der Waals surface area contributed by atoms with Crippen LogP contribution in [0.25, 0.3) is 0 Å². The van der Waals surface area contributed by atoms with Crippen LogP contribution >= 0.6 is 0 Å². The molecule has 0 spiro atoms. The molecule has 2 aromatic rings. The maximum Gasteiger partial charge on any atom is 0.255 e. The number of phenols is 1. The molecular formula is C22H29N3O2. The van der Waals surface area contributed by atoms with Crippen molar-refractivity contribution in [3.63, 3.8) is 0 Å². The number of hydrogen-bond acceptors (Lipinski definition) is 4. The second-order valence-corrected chi connectivity index (χ2v) is 8.19. The number of rotatable bonds is 5. The van der Waals surface area contributed by atoms with E-state index in [0.29, 0.717) is 24.9 Å². The lowest BCUT2D eigenvalue weighted by Gasteiger charge is -2.42. The molecule has 0 saturated carbocycles. The third kappa shape index (κ3) is 3.80. The van der Waals surface area contributed by atoms with Gasteiger partial charge in [0.05, 0.1) is 0 Å². The van der Waals surface area contributed by atoms with Crippen LogP contribution in [0.15, 0.2) is 41.2 Å². The number of likely N-dealkylation sites (tertiary alicyclic amines) is 1. The molecule has 2 bridgehead atoms. The Morgan fingerprint density at radius 2 is 2.00 bits per heavy atom. The third-order valence-corrected chi connectivity index (χ3v) is 6.01. The largest absolute Gasteiger partial charge is 0.508 e. The number of fused-ring (bicyclic) bond motifs is 4. The van der Waals surface area contributed by atoms with Gasteiger partial charge in [0.1, 0.15) is 5.75 Å². The lowest BCUT2D eigenvalue weighted by Crippen LogP contribution is -2.47. The first kappa shape index (κ1) is 18.3. The van der Waals surface area contributed by atoms with E-state index < -0.39 is 0 Å². The summed E-state index contributed by atoms with van der Waals surface area (Å²) in [5, 5.41) is 9.63. The number of likely N-dealkylation sites (N-methyl/N-ethyl adjacent to an activating group) is 1. The predicted octanol–water partition coefficient (Wildman–Crippen LogP) is 2.62. The smallest absolute Gasteiger partial charge is 0.255 e. The molecule has 2 aliphatic heterocycles. The van der Waals surface area contributed by atoms with Gasteiger partial charge in [-0.25, -0.2) is 0 Å². The highest BCUT2D eigenvalue weighted by molar-refractivity contribution is 5.27. The van der Waals surface area contributed by atoms with Gasteiger partial charge in [-0.1, -0.05) is 25.1 Å². The summed E-state index contributed by atoms with van der Waals surface area (Å²) in [5.41, 5.74) is 3.29. The Bertz CT molecular complexity index is 876. The van der Waals surface area contributed by atoms with Gasteiger partial charge >= 0.3 is 0 Å². The van der Waals surface area contributed by atoms with Gasteiger partial charge in [0.25, 0.3) is 5.56 Å². The van der Waals surface area contributed by atoms with Crippen LogP contribution in [0.4, 0.5) is 0 Å². The second kappa shape index (κ2) is 7.49. The van der Waals surface area contributed by atoms with Crippen LogP contribution < -0.4 is 5.56 Å². The van der Waals surface area contributed by atoms with Crippen LogP contribution in [0.2, 0.25) is 0 Å². The van der Waals surface area contributed by atoms with Crippen LogP contribution in [0.3, 0.4) is 0 Å².